The molecule has 1 saturated heterocycles. The predicted molar refractivity (Wildman–Crippen MR) is 118 cm³/mol. The average molecular weight is 474 g/mol. The Morgan fingerprint density at radius 1 is 1.26 bits per heavy atom. The summed E-state index contributed by atoms with van der Waals surface area (Å²) >= 11 is 0. The van der Waals surface area contributed by atoms with E-state index in [0.29, 0.717) is 19.0 Å². The third-order valence-corrected chi connectivity index (χ3v) is 5.80. The van der Waals surface area contributed by atoms with Gasteiger partial charge >= 0.3 is 5.97 Å². The minimum atomic E-state index is -1.58. The zero-order valence-corrected chi connectivity index (χ0v) is 18.4. The molecule has 1 atom stereocenters. The van der Waals surface area contributed by atoms with Crippen LogP contribution in [0.15, 0.2) is 29.2 Å². The van der Waals surface area contributed by atoms with E-state index in [9.17, 15) is 28.3 Å². The molecule has 4 rings (SSSR count). The Bertz CT molecular complexity index is 1390. The Balaban J connectivity index is 2.02. The van der Waals surface area contributed by atoms with Crippen molar-refractivity contribution in [3.63, 3.8) is 0 Å². The maximum atomic E-state index is 15.6. The first-order chi connectivity index (χ1) is 16.1. The van der Waals surface area contributed by atoms with E-state index < -0.39 is 34.4 Å². The van der Waals surface area contributed by atoms with E-state index in [2.05, 4.69) is 10.3 Å². The highest BCUT2D eigenvalue weighted by Crippen LogP contribution is 2.30. The number of aromatic nitrogens is 2. The maximum Gasteiger partial charge on any atom is 0.341 e. The molecule has 1 aromatic carbocycles. The Morgan fingerprint density at radius 3 is 2.62 bits per heavy atom. The van der Waals surface area contributed by atoms with Crippen LogP contribution in [0.5, 0.6) is 0 Å². The molecule has 0 aliphatic carbocycles. The van der Waals surface area contributed by atoms with Gasteiger partial charge in [-0.3, -0.25) is 14.2 Å². The maximum absolute atomic E-state index is 15.6. The number of fused-ring (bicyclic) bond motifs is 1. The van der Waals surface area contributed by atoms with E-state index in [-0.39, 0.29) is 53.0 Å². The molecule has 1 unspecified atom stereocenters. The number of benzene rings is 1. The number of aromatic carboxylic acids is 1. The van der Waals surface area contributed by atoms with E-state index in [1.807, 2.05) is 0 Å². The summed E-state index contributed by atoms with van der Waals surface area (Å²) in [6.45, 7) is 3.61. The number of nitrogens with one attached hydrogen (secondary N) is 1. The Morgan fingerprint density at radius 2 is 2.00 bits per heavy atom. The number of carboxylic acids is 1. The molecule has 1 fully saturated rings. The number of rotatable bonds is 5. The molecular formula is C23H21F3N4O4. The van der Waals surface area contributed by atoms with Gasteiger partial charge in [0, 0.05) is 43.9 Å². The first-order valence-corrected chi connectivity index (χ1v) is 10.6. The van der Waals surface area contributed by atoms with Crippen molar-refractivity contribution in [2.75, 3.05) is 18.0 Å². The van der Waals surface area contributed by atoms with Crippen molar-refractivity contribution in [2.24, 2.45) is 0 Å². The molecular weight excluding hydrogens is 453 g/mol. The van der Waals surface area contributed by atoms with Crippen molar-refractivity contribution >= 4 is 28.7 Å². The third kappa shape index (κ3) is 3.97. The van der Waals surface area contributed by atoms with Crippen molar-refractivity contribution in [3.8, 4) is 5.69 Å². The highest BCUT2D eigenvalue weighted by Gasteiger charge is 2.30. The number of hydrogen-bond donors (Lipinski definition) is 2. The third-order valence-electron chi connectivity index (χ3n) is 5.80. The van der Waals surface area contributed by atoms with Crippen LogP contribution in [-0.2, 0) is 11.2 Å². The lowest BCUT2D eigenvalue weighted by Gasteiger charge is -2.22. The quantitative estimate of drug-likeness (QED) is 0.590. The number of nitrogens with zero attached hydrogens (tertiary/aromatic N) is 3. The van der Waals surface area contributed by atoms with Gasteiger partial charge in [-0.15, -0.1) is 0 Å². The van der Waals surface area contributed by atoms with Crippen molar-refractivity contribution in [2.45, 2.75) is 32.7 Å². The van der Waals surface area contributed by atoms with Gasteiger partial charge in [0.05, 0.1) is 11.1 Å². The summed E-state index contributed by atoms with van der Waals surface area (Å²) in [6, 6.07) is 2.44. The minimum Gasteiger partial charge on any atom is -0.477 e. The molecule has 0 bridgehead atoms. The molecule has 0 radical (unpaired) electrons. The van der Waals surface area contributed by atoms with Crippen LogP contribution in [0.4, 0.5) is 19.0 Å². The van der Waals surface area contributed by atoms with Gasteiger partial charge in [0.2, 0.25) is 11.3 Å². The number of amides is 1. The van der Waals surface area contributed by atoms with Gasteiger partial charge in [0.15, 0.2) is 17.3 Å². The summed E-state index contributed by atoms with van der Waals surface area (Å²) in [5.41, 5.74) is -2.12. The number of carboxylic acid groups (broad SMARTS) is 1. The van der Waals surface area contributed by atoms with Gasteiger partial charge < -0.3 is 15.3 Å². The van der Waals surface area contributed by atoms with Gasteiger partial charge in [-0.2, -0.15) is 0 Å². The standard InChI is InChI=1S/C23H21F3N4O4/c1-3-14-18-20(32)15(23(33)34)10-30(17-5-4-12(24)8-16(17)25)21(18)28-22(19(14)26)29-7-6-13(9-29)27-11(2)31/h4-5,8,10,13H,3,6-7,9H2,1-2H3,(H,27,31)(H,33,34). The number of carbonyl (C=O) groups excluding carboxylic acids is 1. The van der Waals surface area contributed by atoms with Crippen LogP contribution in [-0.4, -0.2) is 45.7 Å². The molecule has 34 heavy (non-hydrogen) atoms. The van der Waals surface area contributed by atoms with Gasteiger partial charge in [-0.1, -0.05) is 6.92 Å². The zero-order chi connectivity index (χ0) is 24.7. The predicted octanol–water partition coefficient (Wildman–Crippen LogP) is 2.78. The monoisotopic (exact) mass is 474 g/mol. The first kappa shape index (κ1) is 23.3. The average Bonchev–Trinajstić information content (AvgIpc) is 3.21. The lowest BCUT2D eigenvalue weighted by Crippen LogP contribution is -2.36. The molecule has 8 nitrogen and oxygen atoms in total. The Labute approximate surface area is 191 Å². The molecule has 1 amide bonds. The number of hydrogen-bond acceptors (Lipinski definition) is 5. The summed E-state index contributed by atoms with van der Waals surface area (Å²) in [6.07, 6.45) is 1.48. The second-order valence-corrected chi connectivity index (χ2v) is 8.06. The summed E-state index contributed by atoms with van der Waals surface area (Å²) in [5, 5.41) is 12.0. The number of halogens is 3. The fraction of sp³-hybridized carbons (Fsp3) is 0.304. The van der Waals surface area contributed by atoms with Crippen LogP contribution in [0.2, 0.25) is 0 Å². The van der Waals surface area contributed by atoms with Crippen molar-refractivity contribution < 1.29 is 27.9 Å². The molecule has 1 aliphatic rings. The summed E-state index contributed by atoms with van der Waals surface area (Å²) in [7, 11) is 0. The molecule has 2 aromatic heterocycles. The summed E-state index contributed by atoms with van der Waals surface area (Å²) < 4.78 is 44.9. The van der Waals surface area contributed by atoms with E-state index in [4.69, 9.17) is 0 Å². The van der Waals surface area contributed by atoms with Gasteiger partial charge in [0.25, 0.3) is 0 Å². The second kappa shape index (κ2) is 8.81. The topological polar surface area (TPSA) is 105 Å². The highest BCUT2D eigenvalue weighted by molar-refractivity contribution is 5.94. The number of carbonyl (C=O) groups is 2. The number of anilines is 1. The fourth-order valence-electron chi connectivity index (χ4n) is 4.29. The number of aryl methyl sites for hydroxylation is 1. The summed E-state index contributed by atoms with van der Waals surface area (Å²) in [4.78, 5) is 42.1. The largest absolute Gasteiger partial charge is 0.477 e. The molecule has 11 heteroatoms. The van der Waals surface area contributed by atoms with Gasteiger partial charge in [-0.05, 0) is 25.0 Å². The SMILES string of the molecule is CCc1c(F)c(N2CCC(NC(C)=O)C2)nc2c1c(=O)c(C(=O)O)cn2-c1ccc(F)cc1F. The minimum absolute atomic E-state index is 0.0328. The molecule has 1 aliphatic heterocycles. The highest BCUT2D eigenvalue weighted by atomic mass is 19.1. The van der Waals surface area contributed by atoms with Crippen LogP contribution in [0.1, 0.15) is 36.2 Å². The normalized spacial score (nSPS) is 15.7. The van der Waals surface area contributed by atoms with E-state index in [1.165, 1.54) is 6.92 Å². The lowest BCUT2D eigenvalue weighted by atomic mass is 10.0. The molecule has 178 valence electrons. The number of pyridine rings is 2. The fourth-order valence-corrected chi connectivity index (χ4v) is 4.29. The molecule has 3 aromatic rings. The van der Waals surface area contributed by atoms with E-state index in [1.54, 1.807) is 11.8 Å². The van der Waals surface area contributed by atoms with E-state index >= 15 is 4.39 Å². The van der Waals surface area contributed by atoms with Crippen molar-refractivity contribution in [3.05, 3.63) is 63.2 Å². The lowest BCUT2D eigenvalue weighted by molar-refractivity contribution is -0.119. The van der Waals surface area contributed by atoms with Crippen molar-refractivity contribution in [1.29, 1.82) is 0 Å². The van der Waals surface area contributed by atoms with Crippen LogP contribution in [0, 0.1) is 17.5 Å². The van der Waals surface area contributed by atoms with Crippen LogP contribution in [0.3, 0.4) is 0 Å². The zero-order valence-electron chi connectivity index (χ0n) is 18.4. The molecule has 0 saturated carbocycles. The Hall–Kier alpha value is -3.89. The smallest absolute Gasteiger partial charge is 0.341 e. The van der Waals surface area contributed by atoms with Gasteiger partial charge in [-0.25, -0.2) is 22.9 Å². The summed E-state index contributed by atoms with van der Waals surface area (Å²) in [5.74, 6) is -4.55. The van der Waals surface area contributed by atoms with Crippen LogP contribution >= 0.6 is 0 Å². The first-order valence-electron chi connectivity index (χ1n) is 10.6. The van der Waals surface area contributed by atoms with E-state index in [0.717, 1.165) is 22.9 Å². The molecule has 2 N–H and O–H groups in total. The molecule has 3 heterocycles. The van der Waals surface area contributed by atoms with Crippen LogP contribution in [0.25, 0.3) is 16.7 Å². The van der Waals surface area contributed by atoms with Crippen LogP contribution < -0.4 is 15.6 Å². The second-order valence-electron chi connectivity index (χ2n) is 8.06. The van der Waals surface area contributed by atoms with Crippen molar-refractivity contribution in [1.82, 2.24) is 14.9 Å². The molecule has 0 spiro atoms. The van der Waals surface area contributed by atoms with Gasteiger partial charge in [0.1, 0.15) is 17.2 Å². The Kier molecular flexibility index (Phi) is 6.03.